The van der Waals surface area contributed by atoms with Crippen molar-refractivity contribution in [2.24, 2.45) is 0 Å². The second-order valence-corrected chi connectivity index (χ2v) is 5.21. The molecule has 0 saturated carbocycles. The molecule has 2 aromatic rings. The van der Waals surface area contributed by atoms with Crippen LogP contribution in [-0.4, -0.2) is 5.11 Å². The predicted octanol–water partition coefficient (Wildman–Crippen LogP) is 5.15. The first-order valence-corrected chi connectivity index (χ1v) is 6.64. The molecule has 0 aliphatic heterocycles. The van der Waals surface area contributed by atoms with Gasteiger partial charge in [-0.3, -0.25) is 0 Å². The molecule has 2 nitrogen and oxygen atoms in total. The van der Waals surface area contributed by atoms with E-state index in [1.165, 1.54) is 0 Å². The fourth-order valence-electron chi connectivity index (χ4n) is 1.72. The van der Waals surface area contributed by atoms with Crippen LogP contribution in [-0.2, 0) is 0 Å². The highest BCUT2D eigenvalue weighted by Gasteiger charge is 2.09. The van der Waals surface area contributed by atoms with Crippen LogP contribution in [0.15, 0.2) is 36.4 Å². The summed E-state index contributed by atoms with van der Waals surface area (Å²) >= 11 is 12.0. The molecule has 0 amide bonds. The molecule has 0 bridgehead atoms. The first-order valence-electron chi connectivity index (χ1n) is 5.89. The highest BCUT2D eigenvalue weighted by Crippen LogP contribution is 2.32. The Labute approximate surface area is 122 Å². The van der Waals surface area contributed by atoms with Crippen molar-refractivity contribution in [3.8, 4) is 11.5 Å². The smallest absolute Gasteiger partial charge is 0.131 e. The summed E-state index contributed by atoms with van der Waals surface area (Å²) in [4.78, 5) is 0. The van der Waals surface area contributed by atoms with Gasteiger partial charge < -0.3 is 9.84 Å². The Morgan fingerprint density at radius 1 is 1.11 bits per heavy atom. The predicted molar refractivity (Wildman–Crippen MR) is 78.3 cm³/mol. The van der Waals surface area contributed by atoms with Crippen LogP contribution < -0.4 is 4.74 Å². The molecule has 4 heteroatoms. The van der Waals surface area contributed by atoms with E-state index < -0.39 is 6.10 Å². The highest BCUT2D eigenvalue weighted by atomic mass is 35.5. The maximum absolute atomic E-state index is 9.52. The zero-order valence-electron chi connectivity index (χ0n) is 10.7. The summed E-state index contributed by atoms with van der Waals surface area (Å²) in [6.07, 6.45) is -0.602. The van der Waals surface area contributed by atoms with E-state index in [-0.39, 0.29) is 0 Å². The maximum Gasteiger partial charge on any atom is 0.131 e. The van der Waals surface area contributed by atoms with Crippen LogP contribution in [0.2, 0.25) is 10.0 Å². The Morgan fingerprint density at radius 3 is 2.47 bits per heavy atom. The number of benzene rings is 2. The van der Waals surface area contributed by atoms with Gasteiger partial charge in [0.05, 0.1) is 11.1 Å². The summed E-state index contributed by atoms with van der Waals surface area (Å²) in [5.41, 5.74) is 1.66. The molecule has 1 atom stereocenters. The third-order valence-electron chi connectivity index (χ3n) is 2.80. The standard InChI is InChI=1S/C15H14Cl2O2/c1-9-3-4-11(16)7-15(9)19-12-5-6-13(10(2)18)14(17)8-12/h3-8,10,18H,1-2H3. The molecule has 0 heterocycles. The number of rotatable bonds is 3. The van der Waals surface area contributed by atoms with Gasteiger partial charge in [-0.25, -0.2) is 0 Å². The molecule has 2 rings (SSSR count). The summed E-state index contributed by atoms with van der Waals surface area (Å²) in [7, 11) is 0. The Bertz CT molecular complexity index is 595. The van der Waals surface area contributed by atoms with Gasteiger partial charge in [-0.15, -0.1) is 0 Å². The van der Waals surface area contributed by atoms with E-state index in [0.717, 1.165) is 5.56 Å². The van der Waals surface area contributed by atoms with Gasteiger partial charge in [0.15, 0.2) is 0 Å². The first-order chi connectivity index (χ1) is 8.97. The highest BCUT2D eigenvalue weighted by molar-refractivity contribution is 6.31. The van der Waals surface area contributed by atoms with Gasteiger partial charge in [0.2, 0.25) is 0 Å². The van der Waals surface area contributed by atoms with Crippen molar-refractivity contribution in [2.45, 2.75) is 20.0 Å². The van der Waals surface area contributed by atoms with Crippen LogP contribution >= 0.6 is 23.2 Å². The lowest BCUT2D eigenvalue weighted by molar-refractivity contribution is 0.199. The topological polar surface area (TPSA) is 29.5 Å². The molecule has 100 valence electrons. The van der Waals surface area contributed by atoms with Gasteiger partial charge in [-0.05, 0) is 49.2 Å². The van der Waals surface area contributed by atoms with Crippen molar-refractivity contribution in [3.63, 3.8) is 0 Å². The van der Waals surface area contributed by atoms with Crippen molar-refractivity contribution in [1.29, 1.82) is 0 Å². The largest absolute Gasteiger partial charge is 0.457 e. The van der Waals surface area contributed by atoms with Crippen molar-refractivity contribution < 1.29 is 9.84 Å². The third kappa shape index (κ3) is 3.41. The van der Waals surface area contributed by atoms with E-state index in [1.54, 1.807) is 31.2 Å². The van der Waals surface area contributed by atoms with E-state index in [2.05, 4.69) is 0 Å². The lowest BCUT2D eigenvalue weighted by Crippen LogP contribution is -1.93. The number of halogens is 2. The summed E-state index contributed by atoms with van der Waals surface area (Å²) in [5.74, 6) is 1.30. The van der Waals surface area contributed by atoms with Crippen LogP contribution in [0.5, 0.6) is 11.5 Å². The molecule has 1 unspecified atom stereocenters. The van der Waals surface area contributed by atoms with Crippen molar-refractivity contribution in [2.75, 3.05) is 0 Å². The molecule has 0 aliphatic rings. The zero-order valence-corrected chi connectivity index (χ0v) is 12.2. The fourth-order valence-corrected chi connectivity index (χ4v) is 2.21. The lowest BCUT2D eigenvalue weighted by atomic mass is 10.1. The molecule has 0 aromatic heterocycles. The average molecular weight is 297 g/mol. The summed E-state index contributed by atoms with van der Waals surface area (Å²) in [6, 6.07) is 10.7. The van der Waals surface area contributed by atoms with Crippen molar-refractivity contribution >= 4 is 23.2 Å². The van der Waals surface area contributed by atoms with Crippen LogP contribution in [0.4, 0.5) is 0 Å². The molecular formula is C15H14Cl2O2. The van der Waals surface area contributed by atoms with Gasteiger partial charge in [-0.1, -0.05) is 35.3 Å². The molecule has 0 spiro atoms. The molecule has 0 radical (unpaired) electrons. The Kier molecular flexibility index (Phi) is 4.35. The number of aliphatic hydroxyl groups is 1. The molecular weight excluding hydrogens is 283 g/mol. The molecule has 1 N–H and O–H groups in total. The minimum absolute atomic E-state index is 0.479. The Balaban J connectivity index is 2.29. The first kappa shape index (κ1) is 14.2. The minimum atomic E-state index is -0.602. The molecule has 2 aromatic carbocycles. The third-order valence-corrected chi connectivity index (χ3v) is 3.36. The summed E-state index contributed by atoms with van der Waals surface area (Å²) in [5, 5.41) is 10.6. The lowest BCUT2D eigenvalue weighted by Gasteiger charge is -2.12. The number of hydrogen-bond acceptors (Lipinski definition) is 2. The molecule has 0 fully saturated rings. The number of hydrogen-bond donors (Lipinski definition) is 1. The van der Waals surface area contributed by atoms with E-state index in [9.17, 15) is 5.11 Å². The number of aliphatic hydroxyl groups excluding tert-OH is 1. The van der Waals surface area contributed by atoms with Crippen molar-refractivity contribution in [3.05, 3.63) is 57.6 Å². The van der Waals surface area contributed by atoms with E-state index in [4.69, 9.17) is 27.9 Å². The van der Waals surface area contributed by atoms with Gasteiger partial charge >= 0.3 is 0 Å². The minimum Gasteiger partial charge on any atom is -0.457 e. The summed E-state index contributed by atoms with van der Waals surface area (Å²) in [6.45, 7) is 3.61. The quantitative estimate of drug-likeness (QED) is 0.849. The van der Waals surface area contributed by atoms with Gasteiger partial charge in [0, 0.05) is 5.02 Å². The van der Waals surface area contributed by atoms with Gasteiger partial charge in [-0.2, -0.15) is 0 Å². The maximum atomic E-state index is 9.52. The van der Waals surface area contributed by atoms with Crippen LogP contribution in [0.1, 0.15) is 24.2 Å². The number of ether oxygens (including phenoxy) is 1. The number of aryl methyl sites for hydroxylation is 1. The summed E-state index contributed by atoms with van der Waals surface area (Å²) < 4.78 is 5.76. The van der Waals surface area contributed by atoms with Crippen molar-refractivity contribution in [1.82, 2.24) is 0 Å². The van der Waals surface area contributed by atoms with Crippen LogP contribution in [0, 0.1) is 6.92 Å². The normalized spacial score (nSPS) is 12.3. The van der Waals surface area contributed by atoms with Gasteiger partial charge in [0.25, 0.3) is 0 Å². The Morgan fingerprint density at radius 2 is 1.84 bits per heavy atom. The van der Waals surface area contributed by atoms with Crippen LogP contribution in [0.3, 0.4) is 0 Å². The SMILES string of the molecule is Cc1ccc(Cl)cc1Oc1ccc(C(C)O)c(Cl)c1. The van der Waals surface area contributed by atoms with E-state index in [0.29, 0.717) is 27.1 Å². The van der Waals surface area contributed by atoms with E-state index >= 15 is 0 Å². The monoisotopic (exact) mass is 296 g/mol. The van der Waals surface area contributed by atoms with Crippen LogP contribution in [0.25, 0.3) is 0 Å². The fraction of sp³-hybridized carbons (Fsp3) is 0.200. The van der Waals surface area contributed by atoms with E-state index in [1.807, 2.05) is 19.1 Å². The molecule has 0 aliphatic carbocycles. The zero-order chi connectivity index (χ0) is 14.0. The second-order valence-electron chi connectivity index (χ2n) is 4.37. The average Bonchev–Trinajstić information content (AvgIpc) is 2.33. The second kappa shape index (κ2) is 5.83. The molecule has 0 saturated heterocycles. The van der Waals surface area contributed by atoms with Gasteiger partial charge in [0.1, 0.15) is 11.5 Å². The molecule has 19 heavy (non-hydrogen) atoms. The Hall–Kier alpha value is -1.22.